The number of hydrogen-bond acceptors (Lipinski definition) is 5. The molecule has 0 aliphatic carbocycles. The lowest BCUT2D eigenvalue weighted by molar-refractivity contribution is -0.0104. The largest absolute Gasteiger partial charge is 0.394 e. The number of ether oxygens (including phenoxy) is 1. The predicted octanol–water partition coefficient (Wildman–Crippen LogP) is 1.46. The summed E-state index contributed by atoms with van der Waals surface area (Å²) in [5, 5.41) is 9.29. The van der Waals surface area contributed by atoms with Crippen molar-refractivity contribution in [1.82, 2.24) is 0 Å². The summed E-state index contributed by atoms with van der Waals surface area (Å²) in [6, 6.07) is 7.16. The van der Waals surface area contributed by atoms with Crippen LogP contribution in [0.1, 0.15) is 20.3 Å². The number of benzene rings is 1. The summed E-state index contributed by atoms with van der Waals surface area (Å²) in [5.74, 6) is 0.145. The molecular weight excluding hydrogens is 290 g/mol. The maximum Gasteiger partial charge on any atom is 0.180 e. The van der Waals surface area contributed by atoms with Gasteiger partial charge in [0.05, 0.1) is 35.7 Å². The number of morpholine rings is 1. The number of sulfone groups is 1. The lowest BCUT2D eigenvalue weighted by Crippen LogP contribution is -2.50. The van der Waals surface area contributed by atoms with Gasteiger partial charge in [0.1, 0.15) is 0 Å². The Morgan fingerprint density at radius 2 is 2.10 bits per heavy atom. The van der Waals surface area contributed by atoms with Crippen molar-refractivity contribution < 1.29 is 18.3 Å². The Morgan fingerprint density at radius 1 is 1.38 bits per heavy atom. The maximum atomic E-state index is 12.4. The smallest absolute Gasteiger partial charge is 0.180 e. The van der Waals surface area contributed by atoms with Crippen molar-refractivity contribution in [1.29, 1.82) is 0 Å². The standard InChI is InChI=1S/C15H23NO4S/c1-3-8-21(18,19)15-7-5-4-6-14(15)16-9-13(10-17)20-11-12(16)2/h4-7,12-13,17H,3,8-11H2,1-2H3. The molecule has 5 nitrogen and oxygen atoms in total. The molecule has 6 heteroatoms. The highest BCUT2D eigenvalue weighted by molar-refractivity contribution is 7.91. The van der Waals surface area contributed by atoms with Gasteiger partial charge in [-0.3, -0.25) is 0 Å². The molecule has 0 amide bonds. The summed E-state index contributed by atoms with van der Waals surface area (Å²) < 4.78 is 30.4. The maximum absolute atomic E-state index is 12.4. The molecule has 118 valence electrons. The van der Waals surface area contributed by atoms with Crippen LogP contribution in [0.4, 0.5) is 5.69 Å². The van der Waals surface area contributed by atoms with Crippen molar-refractivity contribution in [2.75, 3.05) is 30.4 Å². The third-order valence-electron chi connectivity index (χ3n) is 3.69. The Kier molecular flexibility index (Phi) is 5.24. The second kappa shape index (κ2) is 6.77. The second-order valence-electron chi connectivity index (χ2n) is 5.43. The molecule has 1 N–H and O–H groups in total. The van der Waals surface area contributed by atoms with Gasteiger partial charge in [-0.1, -0.05) is 19.1 Å². The summed E-state index contributed by atoms with van der Waals surface area (Å²) in [4.78, 5) is 2.39. The van der Waals surface area contributed by atoms with Crippen LogP contribution in [0.3, 0.4) is 0 Å². The van der Waals surface area contributed by atoms with E-state index in [0.29, 0.717) is 30.2 Å². The molecule has 2 rings (SSSR count). The first-order valence-electron chi connectivity index (χ1n) is 7.30. The average Bonchev–Trinajstić information content (AvgIpc) is 2.48. The van der Waals surface area contributed by atoms with Gasteiger partial charge < -0.3 is 14.7 Å². The molecule has 1 aliphatic heterocycles. The van der Waals surface area contributed by atoms with Gasteiger partial charge in [0.15, 0.2) is 9.84 Å². The highest BCUT2D eigenvalue weighted by Gasteiger charge is 2.29. The van der Waals surface area contributed by atoms with Crippen molar-refractivity contribution in [3.05, 3.63) is 24.3 Å². The summed E-state index contributed by atoms with van der Waals surface area (Å²) in [7, 11) is -3.28. The average molecular weight is 313 g/mol. The number of nitrogens with zero attached hydrogens (tertiary/aromatic N) is 1. The lowest BCUT2D eigenvalue weighted by Gasteiger charge is -2.39. The van der Waals surface area contributed by atoms with Crippen LogP contribution in [0.25, 0.3) is 0 Å². The topological polar surface area (TPSA) is 66.8 Å². The van der Waals surface area contributed by atoms with Crippen LogP contribution >= 0.6 is 0 Å². The molecule has 2 unspecified atom stereocenters. The fourth-order valence-electron chi connectivity index (χ4n) is 2.60. The number of para-hydroxylation sites is 1. The molecule has 1 aromatic carbocycles. The molecule has 1 aromatic rings. The van der Waals surface area contributed by atoms with Crippen molar-refractivity contribution in [3.63, 3.8) is 0 Å². The second-order valence-corrected chi connectivity index (χ2v) is 7.50. The van der Waals surface area contributed by atoms with E-state index in [9.17, 15) is 13.5 Å². The highest BCUT2D eigenvalue weighted by Crippen LogP contribution is 2.30. The summed E-state index contributed by atoms with van der Waals surface area (Å²) in [6.07, 6.45) is 0.317. The first-order chi connectivity index (χ1) is 9.99. The number of aliphatic hydroxyl groups excluding tert-OH is 1. The van der Waals surface area contributed by atoms with Crippen LogP contribution in [0.15, 0.2) is 29.2 Å². The molecule has 1 fully saturated rings. The fourth-order valence-corrected chi connectivity index (χ4v) is 4.15. The molecule has 1 heterocycles. The minimum atomic E-state index is -3.28. The van der Waals surface area contributed by atoms with Crippen LogP contribution in [0.5, 0.6) is 0 Å². The van der Waals surface area contributed by atoms with Crippen LogP contribution in [-0.2, 0) is 14.6 Å². The van der Waals surface area contributed by atoms with Gasteiger partial charge >= 0.3 is 0 Å². The molecule has 2 atom stereocenters. The Bertz CT molecular complexity index is 573. The van der Waals surface area contributed by atoms with Gasteiger partial charge in [-0.2, -0.15) is 0 Å². The molecule has 1 saturated heterocycles. The Labute approximate surface area is 126 Å². The third-order valence-corrected chi connectivity index (χ3v) is 5.65. The summed E-state index contributed by atoms with van der Waals surface area (Å²) in [6.45, 7) is 4.77. The SMILES string of the molecule is CCCS(=O)(=O)c1ccccc1N1CC(CO)OCC1C. The molecule has 0 saturated carbocycles. The van der Waals surface area contributed by atoms with Crippen LogP contribution in [0.2, 0.25) is 0 Å². The summed E-state index contributed by atoms with van der Waals surface area (Å²) in [5.41, 5.74) is 0.709. The van der Waals surface area contributed by atoms with E-state index in [1.54, 1.807) is 12.1 Å². The van der Waals surface area contributed by atoms with Gasteiger partial charge in [0.2, 0.25) is 0 Å². The van der Waals surface area contributed by atoms with Gasteiger partial charge in [-0.05, 0) is 25.5 Å². The van der Waals surface area contributed by atoms with Gasteiger partial charge in [0.25, 0.3) is 0 Å². The van der Waals surface area contributed by atoms with E-state index in [1.165, 1.54) is 0 Å². The van der Waals surface area contributed by atoms with E-state index >= 15 is 0 Å². The van der Waals surface area contributed by atoms with E-state index in [0.717, 1.165) is 0 Å². The normalized spacial score (nSPS) is 23.3. The van der Waals surface area contributed by atoms with E-state index in [4.69, 9.17) is 4.74 Å². The molecule has 0 spiro atoms. The first-order valence-corrected chi connectivity index (χ1v) is 8.95. The van der Waals surface area contributed by atoms with Crippen molar-refractivity contribution in [3.8, 4) is 0 Å². The van der Waals surface area contributed by atoms with Crippen LogP contribution in [-0.4, -0.2) is 51.2 Å². The van der Waals surface area contributed by atoms with E-state index in [2.05, 4.69) is 0 Å². The first kappa shape index (κ1) is 16.3. The van der Waals surface area contributed by atoms with Gasteiger partial charge in [0, 0.05) is 12.6 Å². The third kappa shape index (κ3) is 3.56. The minimum absolute atomic E-state index is 0.0624. The number of aliphatic hydroxyl groups is 1. The number of rotatable bonds is 5. The Hall–Kier alpha value is -1.11. The van der Waals surface area contributed by atoms with E-state index in [-0.39, 0.29) is 24.5 Å². The fraction of sp³-hybridized carbons (Fsp3) is 0.600. The van der Waals surface area contributed by atoms with E-state index < -0.39 is 9.84 Å². The molecule has 0 bridgehead atoms. The van der Waals surface area contributed by atoms with Crippen molar-refractivity contribution in [2.24, 2.45) is 0 Å². The van der Waals surface area contributed by atoms with Crippen LogP contribution < -0.4 is 4.90 Å². The zero-order chi connectivity index (χ0) is 15.5. The molecule has 0 aromatic heterocycles. The zero-order valence-electron chi connectivity index (χ0n) is 12.5. The lowest BCUT2D eigenvalue weighted by atomic mass is 10.1. The number of anilines is 1. The van der Waals surface area contributed by atoms with E-state index in [1.807, 2.05) is 30.9 Å². The number of hydrogen-bond donors (Lipinski definition) is 1. The Morgan fingerprint density at radius 3 is 2.76 bits per heavy atom. The van der Waals surface area contributed by atoms with Gasteiger partial charge in [-0.25, -0.2) is 8.42 Å². The van der Waals surface area contributed by atoms with Crippen LogP contribution in [0, 0.1) is 0 Å². The van der Waals surface area contributed by atoms with Crippen molar-refractivity contribution >= 4 is 15.5 Å². The highest BCUT2D eigenvalue weighted by atomic mass is 32.2. The Balaban J connectivity index is 2.39. The predicted molar refractivity (Wildman–Crippen MR) is 82.4 cm³/mol. The molecule has 1 aliphatic rings. The zero-order valence-corrected chi connectivity index (χ0v) is 13.3. The monoisotopic (exact) mass is 313 g/mol. The quantitative estimate of drug-likeness (QED) is 0.891. The molecular formula is C15H23NO4S. The summed E-state index contributed by atoms with van der Waals surface area (Å²) >= 11 is 0. The molecule has 0 radical (unpaired) electrons. The van der Waals surface area contributed by atoms with Gasteiger partial charge in [-0.15, -0.1) is 0 Å². The van der Waals surface area contributed by atoms with Crippen molar-refractivity contribution in [2.45, 2.75) is 37.3 Å². The molecule has 21 heavy (non-hydrogen) atoms. The minimum Gasteiger partial charge on any atom is -0.394 e.